The van der Waals surface area contributed by atoms with Crippen LogP contribution in [0.4, 0.5) is 5.69 Å². The second-order valence-corrected chi connectivity index (χ2v) is 7.49. The maximum atomic E-state index is 12.9. The standard InChI is InChI=1S/C24H21ClN2O3/c25-20-10-8-19(9-11-20)24(29)27-13-12-18-7-6-17(14-22(18)27)15-26-23(28)16-30-21-4-2-1-3-5-21/h1-11,14H,12-13,15-16H2,(H,26,28). The lowest BCUT2D eigenvalue weighted by Gasteiger charge is -2.18. The fourth-order valence-corrected chi connectivity index (χ4v) is 3.54. The van der Waals surface area contributed by atoms with Crippen molar-refractivity contribution in [3.05, 3.63) is 94.5 Å². The predicted octanol–water partition coefficient (Wildman–Crippen LogP) is 4.24. The van der Waals surface area contributed by atoms with Crippen LogP contribution in [0.15, 0.2) is 72.8 Å². The van der Waals surface area contributed by atoms with E-state index in [1.54, 1.807) is 41.3 Å². The molecule has 0 unspecified atom stereocenters. The van der Waals surface area contributed by atoms with Gasteiger partial charge in [-0.1, -0.05) is 41.9 Å². The van der Waals surface area contributed by atoms with Gasteiger partial charge in [-0.2, -0.15) is 0 Å². The lowest BCUT2D eigenvalue weighted by molar-refractivity contribution is -0.123. The second-order valence-electron chi connectivity index (χ2n) is 7.06. The molecule has 0 fully saturated rings. The monoisotopic (exact) mass is 420 g/mol. The van der Waals surface area contributed by atoms with Gasteiger partial charge in [-0.05, 0) is 60.0 Å². The molecule has 30 heavy (non-hydrogen) atoms. The first-order chi connectivity index (χ1) is 14.6. The van der Waals surface area contributed by atoms with E-state index in [1.165, 1.54) is 0 Å². The number of hydrogen-bond acceptors (Lipinski definition) is 3. The number of amides is 2. The largest absolute Gasteiger partial charge is 0.484 e. The Balaban J connectivity index is 1.38. The molecule has 2 amide bonds. The van der Waals surface area contributed by atoms with Crippen molar-refractivity contribution in [3.8, 4) is 5.75 Å². The van der Waals surface area contributed by atoms with Gasteiger partial charge in [0.15, 0.2) is 6.61 Å². The predicted molar refractivity (Wildman–Crippen MR) is 117 cm³/mol. The first-order valence-electron chi connectivity index (χ1n) is 9.74. The molecule has 0 radical (unpaired) electrons. The Morgan fingerprint density at radius 3 is 2.53 bits per heavy atom. The molecule has 5 nitrogen and oxygen atoms in total. The van der Waals surface area contributed by atoms with Gasteiger partial charge in [-0.15, -0.1) is 0 Å². The maximum absolute atomic E-state index is 12.9. The zero-order valence-corrected chi connectivity index (χ0v) is 17.1. The molecule has 3 aromatic carbocycles. The SMILES string of the molecule is O=C(COc1ccccc1)NCc1ccc2c(c1)N(C(=O)c1ccc(Cl)cc1)CC2. The first-order valence-corrected chi connectivity index (χ1v) is 10.1. The van der Waals surface area contributed by atoms with Gasteiger partial charge in [0.1, 0.15) is 5.75 Å². The zero-order valence-electron chi connectivity index (χ0n) is 16.3. The summed E-state index contributed by atoms with van der Waals surface area (Å²) < 4.78 is 5.46. The van der Waals surface area contributed by atoms with Crippen LogP contribution in [0.3, 0.4) is 0 Å². The number of ether oxygens (including phenoxy) is 1. The van der Waals surface area contributed by atoms with Crippen LogP contribution in [0.25, 0.3) is 0 Å². The number of carbonyl (C=O) groups is 2. The minimum atomic E-state index is -0.201. The smallest absolute Gasteiger partial charge is 0.258 e. The summed E-state index contributed by atoms with van der Waals surface area (Å²) in [6.07, 6.45) is 0.812. The molecule has 3 aromatic rings. The molecule has 1 heterocycles. The number of hydrogen-bond donors (Lipinski definition) is 1. The number of anilines is 1. The molecule has 1 aliphatic rings. The minimum Gasteiger partial charge on any atom is -0.484 e. The topological polar surface area (TPSA) is 58.6 Å². The van der Waals surface area contributed by atoms with Crippen LogP contribution in [0.5, 0.6) is 5.75 Å². The van der Waals surface area contributed by atoms with Crippen LogP contribution in [0.2, 0.25) is 5.02 Å². The van der Waals surface area contributed by atoms with Crippen molar-refractivity contribution >= 4 is 29.1 Å². The number of nitrogens with zero attached hydrogens (tertiary/aromatic N) is 1. The lowest BCUT2D eigenvalue weighted by atomic mass is 10.1. The summed E-state index contributed by atoms with van der Waals surface area (Å²) in [5.74, 6) is 0.401. The normalized spacial score (nSPS) is 12.4. The van der Waals surface area contributed by atoms with Crippen molar-refractivity contribution in [1.29, 1.82) is 0 Å². The van der Waals surface area contributed by atoms with E-state index >= 15 is 0 Å². The van der Waals surface area contributed by atoms with Crippen LogP contribution in [-0.2, 0) is 17.8 Å². The lowest BCUT2D eigenvalue weighted by Crippen LogP contribution is -2.29. The third-order valence-corrected chi connectivity index (χ3v) is 5.24. The molecule has 0 saturated carbocycles. The van der Waals surface area contributed by atoms with E-state index in [1.807, 2.05) is 36.4 Å². The number of nitrogens with one attached hydrogen (secondary N) is 1. The highest BCUT2D eigenvalue weighted by Crippen LogP contribution is 2.30. The Morgan fingerprint density at radius 1 is 1.00 bits per heavy atom. The summed E-state index contributed by atoms with van der Waals surface area (Å²) in [6, 6.07) is 22.1. The average Bonchev–Trinajstić information content (AvgIpc) is 3.20. The Morgan fingerprint density at radius 2 is 1.77 bits per heavy atom. The fourth-order valence-electron chi connectivity index (χ4n) is 3.41. The van der Waals surface area contributed by atoms with Gasteiger partial charge in [0.05, 0.1) is 0 Å². The van der Waals surface area contributed by atoms with E-state index in [-0.39, 0.29) is 18.4 Å². The number of benzene rings is 3. The van der Waals surface area contributed by atoms with Gasteiger partial charge in [0, 0.05) is 29.4 Å². The number of fused-ring (bicyclic) bond motifs is 1. The van der Waals surface area contributed by atoms with Crippen LogP contribution >= 0.6 is 11.6 Å². The van der Waals surface area contributed by atoms with E-state index in [0.29, 0.717) is 29.4 Å². The third kappa shape index (κ3) is 4.63. The van der Waals surface area contributed by atoms with Gasteiger partial charge in [0.25, 0.3) is 11.8 Å². The summed E-state index contributed by atoms with van der Waals surface area (Å²) in [4.78, 5) is 26.8. The van der Waals surface area contributed by atoms with Crippen molar-refractivity contribution < 1.29 is 14.3 Å². The maximum Gasteiger partial charge on any atom is 0.258 e. The van der Waals surface area contributed by atoms with Crippen molar-refractivity contribution in [2.45, 2.75) is 13.0 Å². The fraction of sp³-hybridized carbons (Fsp3) is 0.167. The Hall–Kier alpha value is -3.31. The number of carbonyl (C=O) groups excluding carboxylic acids is 2. The quantitative estimate of drug-likeness (QED) is 0.649. The molecule has 0 aliphatic carbocycles. The van der Waals surface area contributed by atoms with Crippen LogP contribution in [-0.4, -0.2) is 25.0 Å². The molecule has 0 aromatic heterocycles. The summed E-state index contributed by atoms with van der Waals surface area (Å²) in [5, 5.41) is 3.46. The van der Waals surface area contributed by atoms with Crippen molar-refractivity contribution in [2.75, 3.05) is 18.1 Å². The highest BCUT2D eigenvalue weighted by atomic mass is 35.5. The Bertz CT molecular complexity index is 1050. The van der Waals surface area contributed by atoms with Crippen molar-refractivity contribution in [2.24, 2.45) is 0 Å². The van der Waals surface area contributed by atoms with Gasteiger partial charge >= 0.3 is 0 Å². The van der Waals surface area contributed by atoms with Crippen molar-refractivity contribution in [1.82, 2.24) is 5.32 Å². The van der Waals surface area contributed by atoms with E-state index < -0.39 is 0 Å². The highest BCUT2D eigenvalue weighted by molar-refractivity contribution is 6.30. The molecule has 0 saturated heterocycles. The molecule has 0 atom stereocenters. The minimum absolute atomic E-state index is 0.0455. The van der Waals surface area contributed by atoms with Gasteiger partial charge in [-0.3, -0.25) is 9.59 Å². The van der Waals surface area contributed by atoms with Gasteiger partial charge < -0.3 is 15.0 Å². The molecule has 4 rings (SSSR count). The van der Waals surface area contributed by atoms with Crippen LogP contribution in [0, 0.1) is 0 Å². The molecular formula is C24H21ClN2O3. The Kier molecular flexibility index (Phi) is 6.00. The number of para-hydroxylation sites is 1. The number of halogens is 1. The Labute approximate surface area is 180 Å². The first kappa shape index (κ1) is 20.0. The summed E-state index contributed by atoms with van der Waals surface area (Å²) >= 11 is 5.93. The molecular weight excluding hydrogens is 400 g/mol. The summed E-state index contributed by atoms with van der Waals surface area (Å²) in [5.41, 5.74) is 3.55. The van der Waals surface area contributed by atoms with E-state index in [0.717, 1.165) is 23.2 Å². The van der Waals surface area contributed by atoms with Crippen LogP contribution in [0.1, 0.15) is 21.5 Å². The summed E-state index contributed by atoms with van der Waals surface area (Å²) in [6.45, 7) is 0.959. The molecule has 0 bridgehead atoms. The highest BCUT2D eigenvalue weighted by Gasteiger charge is 2.25. The van der Waals surface area contributed by atoms with Crippen molar-refractivity contribution in [3.63, 3.8) is 0 Å². The zero-order chi connectivity index (χ0) is 20.9. The van der Waals surface area contributed by atoms with Gasteiger partial charge in [0.2, 0.25) is 0 Å². The molecule has 152 valence electrons. The second kappa shape index (κ2) is 9.01. The van der Waals surface area contributed by atoms with Crippen LogP contribution < -0.4 is 15.0 Å². The molecule has 1 aliphatic heterocycles. The molecule has 6 heteroatoms. The third-order valence-electron chi connectivity index (χ3n) is 4.98. The van der Waals surface area contributed by atoms with E-state index in [2.05, 4.69) is 5.32 Å². The average molecular weight is 421 g/mol. The summed E-state index contributed by atoms with van der Waals surface area (Å²) in [7, 11) is 0. The molecule has 1 N–H and O–H groups in total. The van der Waals surface area contributed by atoms with Gasteiger partial charge in [-0.25, -0.2) is 0 Å². The number of rotatable bonds is 6. The molecule has 0 spiro atoms. The van der Waals surface area contributed by atoms with E-state index in [9.17, 15) is 9.59 Å². The van der Waals surface area contributed by atoms with E-state index in [4.69, 9.17) is 16.3 Å².